The van der Waals surface area contributed by atoms with Gasteiger partial charge in [-0.3, -0.25) is 0 Å². The van der Waals surface area contributed by atoms with Crippen molar-refractivity contribution < 1.29 is 13.2 Å². The van der Waals surface area contributed by atoms with Crippen LogP contribution in [0.5, 0.6) is 0 Å². The molecule has 0 radical (unpaired) electrons. The molecular weight excluding hydrogens is 289 g/mol. The van der Waals surface area contributed by atoms with Crippen LogP contribution in [0, 0.1) is 0 Å². The molecular formula is C14H16ClF3N2. The SMILES string of the molecule is C=CCN1c2cc(C(F)(F)F)c(CCCl)cc2NC1C. The number of nitrogens with zero attached hydrogens (tertiary/aromatic N) is 1. The Hall–Kier alpha value is -1.36. The van der Waals surface area contributed by atoms with Crippen molar-refractivity contribution in [3.05, 3.63) is 35.9 Å². The smallest absolute Gasteiger partial charge is 0.364 e. The van der Waals surface area contributed by atoms with E-state index in [9.17, 15) is 13.2 Å². The maximum atomic E-state index is 13.1. The molecule has 2 nitrogen and oxygen atoms in total. The van der Waals surface area contributed by atoms with Crippen LogP contribution in [-0.4, -0.2) is 18.6 Å². The summed E-state index contributed by atoms with van der Waals surface area (Å²) in [6.07, 6.45) is -2.56. The molecule has 0 aliphatic carbocycles. The van der Waals surface area contributed by atoms with Gasteiger partial charge in [-0.15, -0.1) is 18.2 Å². The largest absolute Gasteiger partial charge is 0.416 e. The standard InChI is InChI=1S/C14H16ClF3N2/c1-3-6-20-9(2)19-12-7-10(4-5-15)11(8-13(12)20)14(16,17)18/h3,7-9,19H,1,4-6H2,2H3. The average Bonchev–Trinajstić information content (AvgIpc) is 2.64. The van der Waals surface area contributed by atoms with Crippen molar-refractivity contribution in [2.45, 2.75) is 25.7 Å². The van der Waals surface area contributed by atoms with E-state index >= 15 is 0 Å². The van der Waals surface area contributed by atoms with Crippen molar-refractivity contribution in [2.75, 3.05) is 22.6 Å². The van der Waals surface area contributed by atoms with Gasteiger partial charge in [0.2, 0.25) is 0 Å². The number of halogens is 4. The normalized spacial score (nSPS) is 17.9. The first kappa shape index (κ1) is 15.0. The Morgan fingerprint density at radius 2 is 2.15 bits per heavy atom. The summed E-state index contributed by atoms with van der Waals surface area (Å²) in [5, 5.41) is 3.18. The lowest BCUT2D eigenvalue weighted by molar-refractivity contribution is -0.138. The van der Waals surface area contributed by atoms with Crippen LogP contribution in [0.15, 0.2) is 24.8 Å². The number of benzene rings is 1. The quantitative estimate of drug-likeness (QED) is 0.661. The number of aryl methyl sites for hydroxylation is 1. The number of hydrogen-bond acceptors (Lipinski definition) is 2. The van der Waals surface area contributed by atoms with Gasteiger partial charge in [0, 0.05) is 12.4 Å². The summed E-state index contributed by atoms with van der Waals surface area (Å²) >= 11 is 5.60. The second-order valence-corrected chi connectivity index (χ2v) is 5.10. The van der Waals surface area contributed by atoms with Crippen molar-refractivity contribution in [1.82, 2.24) is 0 Å². The van der Waals surface area contributed by atoms with Gasteiger partial charge in [-0.05, 0) is 31.0 Å². The maximum Gasteiger partial charge on any atom is 0.416 e. The molecule has 0 bridgehead atoms. The van der Waals surface area contributed by atoms with E-state index in [2.05, 4.69) is 11.9 Å². The van der Waals surface area contributed by atoms with E-state index < -0.39 is 11.7 Å². The lowest BCUT2D eigenvalue weighted by Gasteiger charge is -2.23. The lowest BCUT2D eigenvalue weighted by Crippen LogP contribution is -2.32. The minimum atomic E-state index is -4.37. The highest BCUT2D eigenvalue weighted by atomic mass is 35.5. The third-order valence-corrected chi connectivity index (χ3v) is 3.55. The molecule has 0 fully saturated rings. The summed E-state index contributed by atoms with van der Waals surface area (Å²) in [5.74, 6) is 0.161. The zero-order valence-corrected chi connectivity index (χ0v) is 11.9. The van der Waals surface area contributed by atoms with Gasteiger partial charge < -0.3 is 10.2 Å². The number of alkyl halides is 4. The van der Waals surface area contributed by atoms with Crippen molar-refractivity contribution in [3.63, 3.8) is 0 Å². The second-order valence-electron chi connectivity index (χ2n) is 4.72. The fourth-order valence-electron chi connectivity index (χ4n) is 2.47. The Kier molecular flexibility index (Phi) is 4.18. The van der Waals surface area contributed by atoms with E-state index in [0.29, 0.717) is 17.9 Å². The molecule has 0 aromatic heterocycles. The molecule has 0 saturated heterocycles. The first-order valence-corrected chi connectivity index (χ1v) is 6.86. The van der Waals surface area contributed by atoms with Crippen molar-refractivity contribution in [3.8, 4) is 0 Å². The van der Waals surface area contributed by atoms with Crippen LogP contribution in [0.4, 0.5) is 24.5 Å². The number of hydrogen-bond donors (Lipinski definition) is 1. The fourth-order valence-corrected chi connectivity index (χ4v) is 2.67. The molecule has 0 amide bonds. The number of anilines is 2. The number of nitrogens with one attached hydrogen (secondary N) is 1. The third-order valence-electron chi connectivity index (χ3n) is 3.36. The van der Waals surface area contributed by atoms with Crippen LogP contribution in [0.3, 0.4) is 0 Å². The Morgan fingerprint density at radius 3 is 2.70 bits per heavy atom. The van der Waals surface area contributed by atoms with E-state index in [1.54, 1.807) is 12.1 Å². The Balaban J connectivity index is 2.52. The molecule has 1 N–H and O–H groups in total. The molecule has 2 rings (SSSR count). The Labute approximate surface area is 121 Å². The summed E-state index contributed by atoms with van der Waals surface area (Å²) in [7, 11) is 0. The number of rotatable bonds is 4. The van der Waals surface area contributed by atoms with Crippen LogP contribution in [0.1, 0.15) is 18.1 Å². The van der Waals surface area contributed by atoms with Gasteiger partial charge in [0.05, 0.1) is 23.1 Å². The van der Waals surface area contributed by atoms with Crippen LogP contribution in [0.2, 0.25) is 0 Å². The van der Waals surface area contributed by atoms with Crippen LogP contribution >= 0.6 is 11.6 Å². The van der Waals surface area contributed by atoms with Crippen LogP contribution < -0.4 is 10.2 Å². The Morgan fingerprint density at radius 1 is 1.45 bits per heavy atom. The molecule has 0 saturated carbocycles. The highest BCUT2D eigenvalue weighted by molar-refractivity contribution is 6.18. The van der Waals surface area contributed by atoms with Gasteiger partial charge in [0.25, 0.3) is 0 Å². The molecule has 20 heavy (non-hydrogen) atoms. The predicted octanol–water partition coefficient (Wildman–Crippen LogP) is 4.25. The molecule has 1 heterocycles. The van der Waals surface area contributed by atoms with Crippen molar-refractivity contribution >= 4 is 23.0 Å². The highest BCUT2D eigenvalue weighted by Crippen LogP contribution is 2.42. The van der Waals surface area contributed by atoms with E-state index in [4.69, 9.17) is 11.6 Å². The fraction of sp³-hybridized carbons (Fsp3) is 0.429. The second kappa shape index (κ2) is 5.56. The van der Waals surface area contributed by atoms with Gasteiger partial charge in [-0.25, -0.2) is 0 Å². The lowest BCUT2D eigenvalue weighted by atomic mass is 10.0. The van der Waals surface area contributed by atoms with E-state index in [0.717, 1.165) is 0 Å². The molecule has 110 valence electrons. The van der Waals surface area contributed by atoms with Gasteiger partial charge >= 0.3 is 6.18 Å². The highest BCUT2D eigenvalue weighted by Gasteiger charge is 2.36. The zero-order chi connectivity index (χ0) is 14.9. The van der Waals surface area contributed by atoms with Crippen LogP contribution in [0.25, 0.3) is 0 Å². The molecule has 6 heteroatoms. The zero-order valence-electron chi connectivity index (χ0n) is 11.1. The first-order chi connectivity index (χ1) is 9.38. The monoisotopic (exact) mass is 304 g/mol. The minimum absolute atomic E-state index is 0.0599. The van der Waals surface area contributed by atoms with Gasteiger partial charge in [0.1, 0.15) is 0 Å². The average molecular weight is 305 g/mol. The van der Waals surface area contributed by atoms with E-state index in [1.165, 1.54) is 6.07 Å². The molecule has 0 spiro atoms. The topological polar surface area (TPSA) is 15.3 Å². The van der Waals surface area contributed by atoms with Gasteiger partial charge in [-0.2, -0.15) is 13.2 Å². The first-order valence-electron chi connectivity index (χ1n) is 6.32. The minimum Gasteiger partial charge on any atom is -0.364 e. The summed E-state index contributed by atoms with van der Waals surface area (Å²) < 4.78 is 39.4. The summed E-state index contributed by atoms with van der Waals surface area (Å²) in [4.78, 5) is 1.85. The van der Waals surface area contributed by atoms with Gasteiger partial charge in [-0.1, -0.05) is 6.08 Å². The van der Waals surface area contributed by atoms with E-state index in [1.807, 2.05) is 11.8 Å². The summed E-state index contributed by atoms with van der Waals surface area (Å²) in [6, 6.07) is 2.76. The summed E-state index contributed by atoms with van der Waals surface area (Å²) in [6.45, 7) is 6.03. The molecule has 1 aliphatic rings. The van der Waals surface area contributed by atoms with Crippen LogP contribution in [-0.2, 0) is 12.6 Å². The molecule has 1 atom stereocenters. The molecule has 1 aromatic carbocycles. The Bertz CT molecular complexity index is 514. The van der Waals surface area contributed by atoms with E-state index in [-0.39, 0.29) is 24.0 Å². The summed E-state index contributed by atoms with van der Waals surface area (Å²) in [5.41, 5.74) is 0.892. The molecule has 1 aromatic rings. The van der Waals surface area contributed by atoms with Crippen molar-refractivity contribution in [2.24, 2.45) is 0 Å². The predicted molar refractivity (Wildman–Crippen MR) is 76.5 cm³/mol. The third kappa shape index (κ3) is 2.73. The maximum absolute atomic E-state index is 13.1. The molecule has 1 aliphatic heterocycles. The molecule has 1 unspecified atom stereocenters. The van der Waals surface area contributed by atoms with Gasteiger partial charge in [0.15, 0.2) is 0 Å². The van der Waals surface area contributed by atoms with Crippen molar-refractivity contribution in [1.29, 1.82) is 0 Å². The number of fused-ring (bicyclic) bond motifs is 1.